The van der Waals surface area contributed by atoms with Crippen LogP contribution in [0.4, 0.5) is 0 Å². The quantitative estimate of drug-likeness (QED) is 0.730. The molecule has 0 spiro atoms. The summed E-state index contributed by atoms with van der Waals surface area (Å²) in [6.07, 6.45) is 8.93. The van der Waals surface area contributed by atoms with Gasteiger partial charge in [-0.15, -0.1) is 0 Å². The Morgan fingerprint density at radius 2 is 2.08 bits per heavy atom. The number of hydrogen-bond acceptors (Lipinski definition) is 3. The number of aromatic nitrogens is 2. The molecule has 64 valence electrons. The molecule has 2 rings (SSSR count). The predicted molar refractivity (Wildman–Crippen MR) is 46.3 cm³/mol. The number of nitrogens with two attached hydrogens (primary N) is 1. The summed E-state index contributed by atoms with van der Waals surface area (Å²) in [5.74, 6) is 0.861. The van der Waals surface area contributed by atoms with Gasteiger partial charge in [0.1, 0.15) is 6.33 Å². The normalized spacial score (nSPS) is 19.1. The molecular weight excluding hydrogens is 150 g/mol. The Morgan fingerprint density at radius 1 is 1.42 bits per heavy atom. The summed E-state index contributed by atoms with van der Waals surface area (Å²) in [6.45, 7) is 0. The summed E-state index contributed by atoms with van der Waals surface area (Å²) in [5, 5.41) is 0. The highest BCUT2D eigenvalue weighted by atomic mass is 14.8. The Morgan fingerprint density at radius 3 is 2.67 bits per heavy atom. The first-order valence-corrected chi connectivity index (χ1v) is 4.37. The Bertz CT molecular complexity index is 243. The van der Waals surface area contributed by atoms with E-state index in [4.69, 9.17) is 5.73 Å². The third-order valence-corrected chi connectivity index (χ3v) is 2.29. The first-order chi connectivity index (χ1) is 5.86. The Kier molecular flexibility index (Phi) is 2.04. The van der Waals surface area contributed by atoms with E-state index in [0.717, 1.165) is 17.9 Å². The average molecular weight is 163 g/mol. The molecule has 1 aromatic heterocycles. The maximum atomic E-state index is 5.96. The maximum absolute atomic E-state index is 5.96. The third kappa shape index (κ3) is 1.80. The Hall–Kier alpha value is -0.960. The lowest BCUT2D eigenvalue weighted by molar-refractivity contribution is 0.593. The molecule has 0 amide bonds. The van der Waals surface area contributed by atoms with Crippen LogP contribution in [0.2, 0.25) is 0 Å². The lowest BCUT2D eigenvalue weighted by Crippen LogP contribution is -2.11. The van der Waals surface area contributed by atoms with E-state index >= 15 is 0 Å². The zero-order valence-electron chi connectivity index (χ0n) is 6.98. The van der Waals surface area contributed by atoms with Gasteiger partial charge in [-0.05, 0) is 12.3 Å². The van der Waals surface area contributed by atoms with Crippen molar-refractivity contribution in [2.45, 2.75) is 25.3 Å². The van der Waals surface area contributed by atoms with Gasteiger partial charge in [-0.25, -0.2) is 9.97 Å². The largest absolute Gasteiger partial charge is 0.324 e. The molecule has 2 N–H and O–H groups in total. The first kappa shape index (κ1) is 7.68. The summed E-state index contributed by atoms with van der Waals surface area (Å²) in [6, 6.07) is 0.138. The van der Waals surface area contributed by atoms with Gasteiger partial charge in [-0.1, -0.05) is 12.8 Å². The summed E-state index contributed by atoms with van der Waals surface area (Å²) in [5.41, 5.74) is 7.02. The number of rotatable bonds is 3. The molecule has 0 aliphatic heterocycles. The van der Waals surface area contributed by atoms with E-state index in [1.54, 1.807) is 12.4 Å². The second-order valence-electron chi connectivity index (χ2n) is 3.46. The van der Waals surface area contributed by atoms with Crippen molar-refractivity contribution in [3.63, 3.8) is 0 Å². The monoisotopic (exact) mass is 163 g/mol. The van der Waals surface area contributed by atoms with E-state index in [2.05, 4.69) is 9.97 Å². The molecule has 1 aliphatic carbocycles. The van der Waals surface area contributed by atoms with Gasteiger partial charge in [0.2, 0.25) is 0 Å². The molecule has 3 nitrogen and oxygen atoms in total. The van der Waals surface area contributed by atoms with Crippen molar-refractivity contribution < 1.29 is 0 Å². The van der Waals surface area contributed by atoms with E-state index in [1.165, 1.54) is 19.2 Å². The molecule has 3 heteroatoms. The van der Waals surface area contributed by atoms with Gasteiger partial charge >= 0.3 is 0 Å². The highest BCUT2D eigenvalue weighted by Gasteiger charge is 2.24. The van der Waals surface area contributed by atoms with Gasteiger partial charge in [0.15, 0.2) is 0 Å². The van der Waals surface area contributed by atoms with E-state index in [9.17, 15) is 0 Å². The van der Waals surface area contributed by atoms with Crippen LogP contribution in [0.5, 0.6) is 0 Å². The fourth-order valence-electron chi connectivity index (χ4n) is 1.35. The predicted octanol–water partition coefficient (Wildman–Crippen LogP) is 1.28. The SMILES string of the molecule is NC(CC1CC1)c1cncnc1. The van der Waals surface area contributed by atoms with Crippen molar-refractivity contribution >= 4 is 0 Å². The van der Waals surface area contributed by atoms with Crippen LogP contribution >= 0.6 is 0 Å². The molecule has 1 fully saturated rings. The molecule has 1 atom stereocenters. The Balaban J connectivity index is 1.98. The van der Waals surface area contributed by atoms with Crippen LogP contribution in [-0.2, 0) is 0 Å². The van der Waals surface area contributed by atoms with Crippen molar-refractivity contribution in [3.05, 3.63) is 24.3 Å². The summed E-state index contributed by atoms with van der Waals surface area (Å²) >= 11 is 0. The summed E-state index contributed by atoms with van der Waals surface area (Å²) in [7, 11) is 0. The van der Waals surface area contributed by atoms with Gasteiger partial charge in [-0.2, -0.15) is 0 Å². The van der Waals surface area contributed by atoms with Crippen molar-refractivity contribution in [3.8, 4) is 0 Å². The molecular formula is C9H13N3. The minimum atomic E-state index is 0.138. The zero-order chi connectivity index (χ0) is 8.39. The van der Waals surface area contributed by atoms with Crippen molar-refractivity contribution in [1.82, 2.24) is 9.97 Å². The molecule has 12 heavy (non-hydrogen) atoms. The van der Waals surface area contributed by atoms with E-state index in [-0.39, 0.29) is 6.04 Å². The molecule has 1 aliphatic rings. The summed E-state index contributed by atoms with van der Waals surface area (Å²) in [4.78, 5) is 7.88. The molecule has 0 saturated heterocycles. The molecule has 0 bridgehead atoms. The number of nitrogens with zero attached hydrogens (tertiary/aromatic N) is 2. The molecule has 0 aromatic carbocycles. The fourth-order valence-corrected chi connectivity index (χ4v) is 1.35. The van der Waals surface area contributed by atoms with E-state index in [1.807, 2.05) is 0 Å². The minimum Gasteiger partial charge on any atom is -0.324 e. The summed E-state index contributed by atoms with van der Waals surface area (Å²) < 4.78 is 0. The molecule has 1 heterocycles. The average Bonchev–Trinajstić information content (AvgIpc) is 2.90. The van der Waals surface area contributed by atoms with Crippen LogP contribution in [0.3, 0.4) is 0 Å². The van der Waals surface area contributed by atoms with Gasteiger partial charge in [-0.3, -0.25) is 0 Å². The smallest absolute Gasteiger partial charge is 0.115 e. The molecule has 1 saturated carbocycles. The van der Waals surface area contributed by atoms with Crippen molar-refractivity contribution in [2.24, 2.45) is 11.7 Å². The van der Waals surface area contributed by atoms with Gasteiger partial charge in [0.05, 0.1) is 0 Å². The standard InChI is InChI=1S/C9H13N3/c10-9(3-7-1-2-7)8-4-11-6-12-5-8/h4-7,9H,1-3,10H2. The molecule has 1 unspecified atom stereocenters. The van der Waals surface area contributed by atoms with Crippen molar-refractivity contribution in [1.29, 1.82) is 0 Å². The van der Waals surface area contributed by atoms with Gasteiger partial charge < -0.3 is 5.73 Å². The lowest BCUT2D eigenvalue weighted by Gasteiger charge is -2.08. The van der Waals surface area contributed by atoms with E-state index < -0.39 is 0 Å². The van der Waals surface area contributed by atoms with Crippen LogP contribution in [0.1, 0.15) is 30.9 Å². The minimum absolute atomic E-state index is 0.138. The van der Waals surface area contributed by atoms with Crippen molar-refractivity contribution in [2.75, 3.05) is 0 Å². The van der Waals surface area contributed by atoms with Crippen LogP contribution in [0.25, 0.3) is 0 Å². The van der Waals surface area contributed by atoms with Gasteiger partial charge in [0.25, 0.3) is 0 Å². The maximum Gasteiger partial charge on any atom is 0.115 e. The third-order valence-electron chi connectivity index (χ3n) is 2.29. The number of hydrogen-bond donors (Lipinski definition) is 1. The van der Waals surface area contributed by atoms with Crippen LogP contribution < -0.4 is 5.73 Å². The second-order valence-corrected chi connectivity index (χ2v) is 3.46. The highest BCUT2D eigenvalue weighted by molar-refractivity contribution is 5.08. The van der Waals surface area contributed by atoms with Crippen LogP contribution in [0.15, 0.2) is 18.7 Å². The first-order valence-electron chi connectivity index (χ1n) is 4.37. The highest BCUT2D eigenvalue weighted by Crippen LogP contribution is 2.36. The lowest BCUT2D eigenvalue weighted by atomic mass is 10.1. The second kappa shape index (κ2) is 3.19. The van der Waals surface area contributed by atoms with Crippen LogP contribution in [-0.4, -0.2) is 9.97 Å². The molecule has 1 aromatic rings. The zero-order valence-corrected chi connectivity index (χ0v) is 6.98. The topological polar surface area (TPSA) is 51.8 Å². The van der Waals surface area contributed by atoms with Crippen LogP contribution in [0, 0.1) is 5.92 Å². The fraction of sp³-hybridized carbons (Fsp3) is 0.556. The molecule has 0 radical (unpaired) electrons. The van der Waals surface area contributed by atoms with Gasteiger partial charge in [0, 0.05) is 24.0 Å². The Labute approximate surface area is 72.0 Å². The van der Waals surface area contributed by atoms with E-state index in [0.29, 0.717) is 0 Å².